The van der Waals surface area contributed by atoms with Crippen LogP contribution in [0.4, 0.5) is 0 Å². The molecule has 0 heterocycles. The Balaban J connectivity index is 0.00000171. The van der Waals surface area contributed by atoms with E-state index in [0.717, 1.165) is 3.63 Å². The van der Waals surface area contributed by atoms with Crippen LogP contribution in [0.2, 0.25) is 13.1 Å². The minimum absolute atomic E-state index is 0. The molecule has 0 aliphatic heterocycles. The van der Waals surface area contributed by atoms with Gasteiger partial charge in [0.1, 0.15) is 0 Å². The predicted octanol–water partition coefficient (Wildman–Crippen LogP) is 8.93. The number of allylic oxidation sites excluding steroid dienone is 5. The van der Waals surface area contributed by atoms with E-state index >= 15 is 0 Å². The summed E-state index contributed by atoms with van der Waals surface area (Å²) in [6.45, 7) is 12.3. The van der Waals surface area contributed by atoms with Crippen molar-refractivity contribution < 1.29 is 20.4 Å². The van der Waals surface area contributed by atoms with Crippen molar-refractivity contribution in [3.05, 3.63) is 85.7 Å². The molecule has 0 saturated heterocycles. The molecule has 4 heteroatoms. The van der Waals surface area contributed by atoms with E-state index in [1.54, 1.807) is 22.3 Å². The van der Waals surface area contributed by atoms with Crippen molar-refractivity contribution in [2.45, 2.75) is 56.8 Å². The van der Waals surface area contributed by atoms with Crippen molar-refractivity contribution >= 4 is 36.3 Å². The van der Waals surface area contributed by atoms with Crippen molar-refractivity contribution in [3.63, 3.8) is 0 Å². The van der Waals surface area contributed by atoms with Gasteiger partial charge in [-0.05, 0) is 0 Å². The van der Waals surface area contributed by atoms with Crippen LogP contribution in [0, 0.1) is 0 Å². The molecule has 4 rings (SSSR count). The van der Waals surface area contributed by atoms with Crippen LogP contribution < -0.4 is 0 Å². The zero-order valence-corrected chi connectivity index (χ0v) is 24.4. The van der Waals surface area contributed by atoms with Gasteiger partial charge >= 0.3 is 185 Å². The van der Waals surface area contributed by atoms with Gasteiger partial charge in [0.15, 0.2) is 0 Å². The second-order valence-electron chi connectivity index (χ2n) is 8.59. The SMILES string of the molecule is CCC1=C(CC)C[C]([Zr]([CH]2C(C)=Cc3c(-c4ccccc4)cccc32)=[Si](C)C)=C1.Cl.Cl. The predicted molar refractivity (Wildman–Crippen MR) is 141 cm³/mol. The van der Waals surface area contributed by atoms with E-state index in [1.807, 2.05) is 3.28 Å². The van der Waals surface area contributed by atoms with Gasteiger partial charge in [0, 0.05) is 0 Å². The van der Waals surface area contributed by atoms with E-state index in [0.29, 0.717) is 0 Å². The number of hydrogen-bond acceptors (Lipinski definition) is 0. The van der Waals surface area contributed by atoms with E-state index in [4.69, 9.17) is 0 Å². The third-order valence-corrected chi connectivity index (χ3v) is 25.0. The Morgan fingerprint density at radius 2 is 1.61 bits per heavy atom. The first-order valence-corrected chi connectivity index (χ1v) is 19.8. The Kier molecular flexibility index (Phi) is 9.83. The Bertz CT molecular complexity index is 1070. The summed E-state index contributed by atoms with van der Waals surface area (Å²) < 4.78 is 2.64. The van der Waals surface area contributed by atoms with Gasteiger partial charge < -0.3 is 0 Å². The summed E-state index contributed by atoms with van der Waals surface area (Å²) in [7, 11) is 0. The first-order chi connectivity index (χ1) is 14.0. The number of rotatable bonds is 5. The summed E-state index contributed by atoms with van der Waals surface area (Å²) in [4.78, 5) is 0. The Morgan fingerprint density at radius 3 is 2.19 bits per heavy atom. The molecule has 0 fully saturated rings. The monoisotopic (exact) mass is 546 g/mol. The van der Waals surface area contributed by atoms with Crippen LogP contribution in [0.1, 0.15) is 54.8 Å². The number of fused-ring (bicyclic) bond motifs is 1. The minimum Gasteiger partial charge on any atom is -0.147 e. The Morgan fingerprint density at radius 1 is 0.903 bits per heavy atom. The van der Waals surface area contributed by atoms with Crippen LogP contribution in [0.15, 0.2) is 74.6 Å². The second-order valence-corrected chi connectivity index (χ2v) is 26.2. The molecule has 2 aromatic rings. The van der Waals surface area contributed by atoms with Crippen molar-refractivity contribution in [3.8, 4) is 11.1 Å². The van der Waals surface area contributed by atoms with Crippen LogP contribution in [-0.2, 0) is 20.4 Å². The summed E-state index contributed by atoms with van der Waals surface area (Å²) in [5.74, 6) is 0. The summed E-state index contributed by atoms with van der Waals surface area (Å²) in [6.07, 6.45) is 8.91. The average Bonchev–Trinajstić information content (AvgIpc) is 3.29. The van der Waals surface area contributed by atoms with Crippen LogP contribution in [0.3, 0.4) is 0 Å². The minimum atomic E-state index is -1.80. The molecule has 31 heavy (non-hydrogen) atoms. The van der Waals surface area contributed by atoms with Gasteiger partial charge in [-0.1, -0.05) is 0 Å². The van der Waals surface area contributed by atoms with Gasteiger partial charge in [-0.15, -0.1) is 24.8 Å². The fraction of sp³-hybridized carbons (Fsp3) is 0.333. The fourth-order valence-electron chi connectivity index (χ4n) is 5.18. The molecule has 0 radical (unpaired) electrons. The molecule has 1 atom stereocenters. The maximum atomic E-state index is 2.66. The summed E-state index contributed by atoms with van der Waals surface area (Å²) >= 11 is -1.80. The van der Waals surface area contributed by atoms with E-state index in [1.165, 1.54) is 36.0 Å². The van der Waals surface area contributed by atoms with Gasteiger partial charge in [-0.2, -0.15) is 0 Å². The van der Waals surface area contributed by atoms with Gasteiger partial charge in [-0.3, -0.25) is 0 Å². The largest absolute Gasteiger partial charge is 0.147 e. The van der Waals surface area contributed by atoms with Gasteiger partial charge in [-0.25, -0.2) is 0 Å². The van der Waals surface area contributed by atoms with E-state index in [9.17, 15) is 0 Å². The van der Waals surface area contributed by atoms with Crippen LogP contribution >= 0.6 is 24.8 Å². The average molecular weight is 549 g/mol. The van der Waals surface area contributed by atoms with E-state index < -0.39 is 20.4 Å². The summed E-state index contributed by atoms with van der Waals surface area (Å²) in [5.41, 5.74) is 10.6. The summed E-state index contributed by atoms with van der Waals surface area (Å²) in [6, 6.07) is 18.0. The van der Waals surface area contributed by atoms with Gasteiger partial charge in [0.05, 0.1) is 0 Å². The number of halogens is 2. The van der Waals surface area contributed by atoms with Crippen LogP contribution in [-0.4, -0.2) is 5.43 Å². The number of benzene rings is 2. The fourth-order valence-corrected chi connectivity index (χ4v) is 24.0. The zero-order valence-electron chi connectivity index (χ0n) is 19.3. The first-order valence-electron chi connectivity index (χ1n) is 11.0. The second kappa shape index (κ2) is 11.5. The molecule has 0 nitrogen and oxygen atoms in total. The number of hydrogen-bond donors (Lipinski definition) is 0. The van der Waals surface area contributed by atoms with Crippen LogP contribution in [0.25, 0.3) is 17.2 Å². The van der Waals surface area contributed by atoms with E-state index in [-0.39, 0.29) is 30.2 Å². The maximum Gasteiger partial charge on any atom is -0.147 e. The van der Waals surface area contributed by atoms with Crippen molar-refractivity contribution in [2.75, 3.05) is 0 Å². The molecule has 0 spiro atoms. The molecule has 0 bridgehead atoms. The van der Waals surface area contributed by atoms with Crippen LogP contribution in [0.5, 0.6) is 0 Å². The van der Waals surface area contributed by atoms with Crippen molar-refractivity contribution in [1.82, 2.24) is 0 Å². The maximum absolute atomic E-state index is 2.66. The quantitative estimate of drug-likeness (QED) is 0.327. The van der Waals surface area contributed by atoms with Crippen molar-refractivity contribution in [2.24, 2.45) is 0 Å². The molecule has 2 aliphatic carbocycles. The molecule has 1 unspecified atom stereocenters. The molecular weight excluding hydrogens is 515 g/mol. The smallest absolute Gasteiger partial charge is 0.147 e. The zero-order chi connectivity index (χ0) is 20.5. The first kappa shape index (κ1) is 26.6. The Hall–Kier alpha value is -0.660. The molecular formula is C27H34Cl2SiZr. The molecule has 164 valence electrons. The third-order valence-electron chi connectivity index (χ3n) is 6.55. The van der Waals surface area contributed by atoms with E-state index in [2.05, 4.69) is 94.5 Å². The molecule has 0 amide bonds. The standard InChI is InChI=1S/C16H13.C9H13.C2H6Si.2ClH.Zr/c1-12-10-14-8-5-9-15(16(14)11-12)13-6-3-2-4-7-13;1-3-8-6-5-7-9(8)4-2;1-3-2;;;/h2-11H,1H3;6H,3-4,7H2,1-2H3;1-2H3;2*1H;. The Labute approximate surface area is 209 Å². The van der Waals surface area contributed by atoms with Crippen molar-refractivity contribution in [1.29, 1.82) is 0 Å². The third kappa shape index (κ3) is 5.14. The molecule has 0 N–H and O–H groups in total. The molecule has 0 aromatic heterocycles. The van der Waals surface area contributed by atoms with Gasteiger partial charge in [0.2, 0.25) is 0 Å². The molecule has 2 aliphatic rings. The normalized spacial score (nSPS) is 16.7. The summed E-state index contributed by atoms with van der Waals surface area (Å²) in [5, 5.41) is 0. The molecule has 0 saturated carbocycles. The van der Waals surface area contributed by atoms with Gasteiger partial charge in [0.25, 0.3) is 0 Å². The molecule has 2 aromatic carbocycles. The topological polar surface area (TPSA) is 0 Å².